The number of aromatic nitrogens is 2. The van der Waals surface area contributed by atoms with Gasteiger partial charge in [-0.2, -0.15) is 18.2 Å². The number of amides is 1. The van der Waals surface area contributed by atoms with E-state index in [2.05, 4.69) is 9.97 Å². The van der Waals surface area contributed by atoms with Gasteiger partial charge in [-0.1, -0.05) is 12.1 Å². The second-order valence-electron chi connectivity index (χ2n) is 8.53. The number of ether oxygens (including phenoxy) is 2. The summed E-state index contributed by atoms with van der Waals surface area (Å²) < 4.78 is 63.6. The average Bonchev–Trinajstić information content (AvgIpc) is 2.88. The molecule has 1 aliphatic heterocycles. The first kappa shape index (κ1) is 26.2. The molecule has 13 heteroatoms. The van der Waals surface area contributed by atoms with E-state index in [9.17, 15) is 18.0 Å². The number of alkyl halides is 3. The molecule has 2 aromatic carbocycles. The smallest absolute Gasteiger partial charge is 0.416 e. The molecule has 37 heavy (non-hydrogen) atoms. The van der Waals surface area contributed by atoms with Gasteiger partial charge in [0.25, 0.3) is 0 Å². The van der Waals surface area contributed by atoms with Gasteiger partial charge in [0.2, 0.25) is 11.9 Å². The van der Waals surface area contributed by atoms with Gasteiger partial charge in [0.05, 0.1) is 19.8 Å². The lowest BCUT2D eigenvalue weighted by atomic mass is 10.0. The number of piperazine rings is 1. The molecule has 1 saturated heterocycles. The maximum Gasteiger partial charge on any atom is 0.416 e. The van der Waals surface area contributed by atoms with Crippen LogP contribution < -0.4 is 25.8 Å². The topological polar surface area (TPSA) is 120 Å². The lowest BCUT2D eigenvalue weighted by Crippen LogP contribution is -2.49. The van der Waals surface area contributed by atoms with Crippen LogP contribution in [0.5, 0.6) is 11.5 Å². The Morgan fingerprint density at radius 2 is 1.73 bits per heavy atom. The number of carbonyl (C=O) groups is 1. The number of anilines is 2. The fraction of sp³-hybridized carbons (Fsp3) is 0.375. The van der Waals surface area contributed by atoms with Crippen molar-refractivity contribution >= 4 is 28.6 Å². The SMILES string of the molecule is COc1cc2c(N)nc(N3CCN(C(=O)CC(N)c4ccc(C(F)(F)F)cc4)CC3)nc2c(F)c1OC. The van der Waals surface area contributed by atoms with Crippen LogP contribution in [-0.4, -0.2) is 61.2 Å². The minimum Gasteiger partial charge on any atom is -0.493 e. The number of hydrogen-bond donors (Lipinski definition) is 2. The molecule has 1 amide bonds. The first-order valence-corrected chi connectivity index (χ1v) is 11.4. The molecule has 0 bridgehead atoms. The van der Waals surface area contributed by atoms with E-state index in [0.29, 0.717) is 31.7 Å². The monoisotopic (exact) mass is 522 g/mol. The molecule has 0 radical (unpaired) electrons. The van der Waals surface area contributed by atoms with Crippen LogP contribution in [0.3, 0.4) is 0 Å². The Morgan fingerprint density at radius 1 is 1.08 bits per heavy atom. The number of rotatable bonds is 6. The molecule has 1 aliphatic rings. The average molecular weight is 523 g/mol. The first-order valence-electron chi connectivity index (χ1n) is 11.4. The van der Waals surface area contributed by atoms with E-state index in [1.165, 1.54) is 32.4 Å². The highest BCUT2D eigenvalue weighted by molar-refractivity contribution is 5.92. The standard InChI is InChI=1S/C24H26F4N6O3/c1-36-17-11-15-20(19(25)21(17)37-2)31-23(32-22(15)30)34-9-7-33(8-10-34)18(35)12-16(29)13-3-5-14(6-4-13)24(26,27)28/h3-6,11,16H,7-10,12,29H2,1-2H3,(H2,30,31,32). The normalized spacial score (nSPS) is 15.1. The van der Waals surface area contributed by atoms with Crippen molar-refractivity contribution in [1.29, 1.82) is 0 Å². The molecule has 4 rings (SSSR count). The second-order valence-corrected chi connectivity index (χ2v) is 8.53. The molecule has 4 N–H and O–H groups in total. The number of hydrogen-bond acceptors (Lipinski definition) is 8. The summed E-state index contributed by atoms with van der Waals surface area (Å²) in [6, 6.07) is 5.22. The number of carbonyl (C=O) groups excluding carboxylic acids is 1. The van der Waals surface area contributed by atoms with Crippen LogP contribution in [0, 0.1) is 5.82 Å². The van der Waals surface area contributed by atoms with Crippen LogP contribution in [0.2, 0.25) is 0 Å². The predicted octanol–water partition coefficient (Wildman–Crippen LogP) is 3.13. The highest BCUT2D eigenvalue weighted by Crippen LogP contribution is 2.37. The van der Waals surface area contributed by atoms with E-state index in [1.807, 2.05) is 0 Å². The van der Waals surface area contributed by atoms with Crippen LogP contribution in [0.15, 0.2) is 30.3 Å². The Kier molecular flexibility index (Phi) is 7.25. The number of nitrogens with zero attached hydrogens (tertiary/aromatic N) is 4. The second kappa shape index (κ2) is 10.2. The van der Waals surface area contributed by atoms with Crippen LogP contribution >= 0.6 is 0 Å². The molecule has 2 heterocycles. The first-order chi connectivity index (χ1) is 17.5. The van der Waals surface area contributed by atoms with Crippen molar-refractivity contribution < 1.29 is 31.8 Å². The van der Waals surface area contributed by atoms with E-state index >= 15 is 4.39 Å². The minimum absolute atomic E-state index is 0.0128. The fourth-order valence-corrected chi connectivity index (χ4v) is 4.19. The van der Waals surface area contributed by atoms with E-state index in [0.717, 1.165) is 12.1 Å². The maximum absolute atomic E-state index is 15.1. The molecule has 0 aliphatic carbocycles. The predicted molar refractivity (Wildman–Crippen MR) is 129 cm³/mol. The van der Waals surface area contributed by atoms with Crippen LogP contribution in [0.4, 0.5) is 29.3 Å². The number of fused-ring (bicyclic) bond motifs is 1. The van der Waals surface area contributed by atoms with Gasteiger partial charge >= 0.3 is 6.18 Å². The fourth-order valence-electron chi connectivity index (χ4n) is 4.19. The molecular formula is C24H26F4N6O3. The van der Waals surface area contributed by atoms with E-state index in [1.54, 1.807) is 9.80 Å². The zero-order valence-corrected chi connectivity index (χ0v) is 20.2. The Labute approximate surface area is 210 Å². The van der Waals surface area contributed by atoms with Gasteiger partial charge in [0.15, 0.2) is 17.3 Å². The van der Waals surface area contributed by atoms with Crippen molar-refractivity contribution in [2.45, 2.75) is 18.6 Å². The third-order valence-corrected chi connectivity index (χ3v) is 6.27. The van der Waals surface area contributed by atoms with Crippen molar-refractivity contribution in [3.05, 3.63) is 47.3 Å². The zero-order chi connectivity index (χ0) is 26.9. The third kappa shape index (κ3) is 5.31. The number of methoxy groups -OCH3 is 2. The van der Waals surface area contributed by atoms with Gasteiger partial charge in [-0.15, -0.1) is 0 Å². The van der Waals surface area contributed by atoms with Gasteiger partial charge in [-0.05, 0) is 23.8 Å². The largest absolute Gasteiger partial charge is 0.493 e. The summed E-state index contributed by atoms with van der Waals surface area (Å²) in [5, 5.41) is 0.282. The van der Waals surface area contributed by atoms with E-state index in [-0.39, 0.29) is 46.5 Å². The summed E-state index contributed by atoms with van der Waals surface area (Å²) in [7, 11) is 2.70. The number of benzene rings is 2. The Hall–Kier alpha value is -3.87. The van der Waals surface area contributed by atoms with Gasteiger partial charge < -0.3 is 30.7 Å². The summed E-state index contributed by atoms with van der Waals surface area (Å²) in [6.07, 6.45) is -4.50. The zero-order valence-electron chi connectivity index (χ0n) is 20.2. The van der Waals surface area contributed by atoms with Gasteiger partial charge in [-0.25, -0.2) is 9.37 Å². The number of halogens is 4. The van der Waals surface area contributed by atoms with E-state index in [4.69, 9.17) is 20.9 Å². The molecule has 1 unspecified atom stereocenters. The van der Waals surface area contributed by atoms with Crippen molar-refractivity contribution in [1.82, 2.24) is 14.9 Å². The number of nitrogens with two attached hydrogens (primary N) is 2. The lowest BCUT2D eigenvalue weighted by Gasteiger charge is -2.35. The lowest BCUT2D eigenvalue weighted by molar-refractivity contribution is -0.137. The van der Waals surface area contributed by atoms with Gasteiger partial charge in [0, 0.05) is 44.0 Å². The van der Waals surface area contributed by atoms with Crippen molar-refractivity contribution in [3.8, 4) is 11.5 Å². The number of nitrogen functional groups attached to an aromatic ring is 1. The molecule has 0 saturated carbocycles. The molecule has 3 aromatic rings. The summed E-state index contributed by atoms with van der Waals surface area (Å²) in [6.45, 7) is 1.38. The van der Waals surface area contributed by atoms with Crippen molar-refractivity contribution in [3.63, 3.8) is 0 Å². The summed E-state index contributed by atoms with van der Waals surface area (Å²) in [5.41, 5.74) is 11.8. The quantitative estimate of drug-likeness (QED) is 0.474. The highest BCUT2D eigenvalue weighted by atomic mass is 19.4. The molecule has 9 nitrogen and oxygen atoms in total. The summed E-state index contributed by atoms with van der Waals surface area (Å²) >= 11 is 0. The molecule has 0 spiro atoms. The summed E-state index contributed by atoms with van der Waals surface area (Å²) in [4.78, 5) is 24.8. The molecule has 1 aromatic heterocycles. The van der Waals surface area contributed by atoms with Crippen LogP contribution in [0.1, 0.15) is 23.6 Å². The van der Waals surface area contributed by atoms with Crippen molar-refractivity contribution in [2.24, 2.45) is 5.73 Å². The minimum atomic E-state index is -4.44. The maximum atomic E-state index is 15.1. The molecule has 198 valence electrons. The molecule has 1 atom stereocenters. The summed E-state index contributed by atoms with van der Waals surface area (Å²) in [5.74, 6) is -0.603. The molecular weight excluding hydrogens is 496 g/mol. The van der Waals surface area contributed by atoms with Gasteiger partial charge in [0.1, 0.15) is 11.3 Å². The van der Waals surface area contributed by atoms with E-state index < -0.39 is 23.6 Å². The van der Waals surface area contributed by atoms with Crippen LogP contribution in [-0.2, 0) is 11.0 Å². The molecule has 1 fully saturated rings. The Balaban J connectivity index is 1.42. The van der Waals surface area contributed by atoms with Crippen LogP contribution in [0.25, 0.3) is 10.9 Å². The van der Waals surface area contributed by atoms with Crippen molar-refractivity contribution in [2.75, 3.05) is 51.0 Å². The third-order valence-electron chi connectivity index (χ3n) is 6.27. The Morgan fingerprint density at radius 3 is 2.30 bits per heavy atom. The highest BCUT2D eigenvalue weighted by Gasteiger charge is 2.31. The van der Waals surface area contributed by atoms with Gasteiger partial charge in [-0.3, -0.25) is 4.79 Å². The Bertz CT molecular complexity index is 1290.